The predicted molar refractivity (Wildman–Crippen MR) is 82.1 cm³/mol. The number of rotatable bonds is 2. The van der Waals surface area contributed by atoms with Crippen LogP contribution >= 0.6 is 11.8 Å². The van der Waals surface area contributed by atoms with Crippen molar-refractivity contribution in [2.45, 2.75) is 10.8 Å². The van der Waals surface area contributed by atoms with E-state index in [0.29, 0.717) is 22.8 Å². The lowest BCUT2D eigenvalue weighted by Gasteiger charge is -2.29. The van der Waals surface area contributed by atoms with E-state index >= 15 is 0 Å². The first-order valence-corrected chi connectivity index (χ1v) is 7.70. The van der Waals surface area contributed by atoms with Crippen molar-refractivity contribution in [3.05, 3.63) is 34.9 Å². The molecule has 1 aromatic heterocycles. The van der Waals surface area contributed by atoms with Crippen molar-refractivity contribution in [3.8, 4) is 0 Å². The second-order valence-corrected chi connectivity index (χ2v) is 6.15. The number of aromatic amines is 1. The van der Waals surface area contributed by atoms with Gasteiger partial charge in [-0.25, -0.2) is 14.6 Å². The molecule has 10 nitrogen and oxygen atoms in total. The molecule has 11 heteroatoms. The highest BCUT2D eigenvalue weighted by Crippen LogP contribution is 2.43. The molecule has 126 valence electrons. The van der Waals surface area contributed by atoms with E-state index in [1.807, 2.05) is 10.6 Å². The molecule has 1 saturated heterocycles. The van der Waals surface area contributed by atoms with Crippen LogP contribution in [-0.2, 0) is 19.1 Å². The third-order valence-corrected chi connectivity index (χ3v) is 4.71. The number of hydrogen-bond acceptors (Lipinski definition) is 8. The van der Waals surface area contributed by atoms with E-state index in [1.165, 1.54) is 0 Å². The van der Waals surface area contributed by atoms with Crippen LogP contribution in [0.2, 0.25) is 0 Å². The molecule has 25 heavy (non-hydrogen) atoms. The molecule has 1 aromatic carbocycles. The van der Waals surface area contributed by atoms with Crippen LogP contribution in [0.4, 0.5) is 4.79 Å². The van der Waals surface area contributed by atoms with Gasteiger partial charge in [0, 0.05) is 0 Å². The number of H-pyrrole nitrogens is 1. The topological polar surface area (TPSA) is 150 Å². The van der Waals surface area contributed by atoms with Gasteiger partial charge < -0.3 is 14.8 Å². The number of nitrogens with one attached hydrogen (secondary N) is 3. The Morgan fingerprint density at radius 3 is 2.44 bits per heavy atom. The van der Waals surface area contributed by atoms with Crippen LogP contribution in [0.5, 0.6) is 0 Å². The molecule has 4 amide bonds. The van der Waals surface area contributed by atoms with Crippen LogP contribution in [0, 0.1) is 0 Å². The van der Waals surface area contributed by atoms with Gasteiger partial charge in [-0.3, -0.25) is 20.2 Å². The largest absolute Gasteiger partial charge is 0.501 e. The predicted octanol–water partition coefficient (Wildman–Crippen LogP) is 0.0862. The molecular weight excluding hydrogens is 352 g/mol. The summed E-state index contributed by atoms with van der Waals surface area (Å²) in [6, 6.07) is 5.99. The highest BCUT2D eigenvalue weighted by molar-refractivity contribution is 8.03. The van der Waals surface area contributed by atoms with E-state index in [1.54, 1.807) is 24.3 Å². The number of aromatic nitrogens is 2. The van der Waals surface area contributed by atoms with Gasteiger partial charge in [0.15, 0.2) is 5.16 Å². The minimum Gasteiger partial charge on any atom is -0.501 e. The number of hydrogen-bond donors (Lipinski definition) is 4. The number of thioether (sulfide) groups is 1. The summed E-state index contributed by atoms with van der Waals surface area (Å²) < 4.78 is 4.83. The number of amides is 4. The number of esters is 1. The van der Waals surface area contributed by atoms with E-state index < -0.39 is 35.2 Å². The lowest BCUT2D eigenvalue weighted by molar-refractivity contribution is -0.165. The Balaban J connectivity index is 1.79. The number of nitrogens with zero attached hydrogens (tertiary/aromatic N) is 1. The van der Waals surface area contributed by atoms with E-state index in [4.69, 9.17) is 4.74 Å². The second kappa shape index (κ2) is 5.08. The number of para-hydroxylation sites is 2. The number of ether oxygens (including phenoxy) is 1. The quantitative estimate of drug-likeness (QED) is 0.434. The zero-order valence-electron chi connectivity index (χ0n) is 12.2. The molecule has 0 saturated carbocycles. The van der Waals surface area contributed by atoms with Crippen LogP contribution in [0.15, 0.2) is 40.1 Å². The number of imide groups is 2. The molecule has 0 radical (unpaired) electrons. The van der Waals surface area contributed by atoms with Gasteiger partial charge in [-0.05, 0) is 23.9 Å². The number of benzene rings is 1. The molecule has 1 spiro atoms. The van der Waals surface area contributed by atoms with E-state index in [0.717, 1.165) is 0 Å². The first-order chi connectivity index (χ1) is 11.9. The number of carbonyl (C=O) groups excluding carboxylic acids is 4. The number of urea groups is 1. The molecule has 0 aliphatic carbocycles. The monoisotopic (exact) mass is 360 g/mol. The van der Waals surface area contributed by atoms with E-state index in [-0.39, 0.29) is 10.1 Å². The molecule has 1 fully saturated rings. The lowest BCUT2D eigenvalue weighted by Crippen LogP contribution is -2.67. The molecule has 2 aliphatic heterocycles. The van der Waals surface area contributed by atoms with E-state index in [2.05, 4.69) is 9.97 Å². The summed E-state index contributed by atoms with van der Waals surface area (Å²) in [5.41, 5.74) is -1.19. The number of barbiturate groups is 1. The third kappa shape index (κ3) is 2.09. The average Bonchev–Trinajstić information content (AvgIpc) is 3.07. The summed E-state index contributed by atoms with van der Waals surface area (Å²) in [7, 11) is 0. The van der Waals surface area contributed by atoms with Crippen LogP contribution in [0.3, 0.4) is 0 Å². The number of aliphatic hydroxyl groups is 1. The Kier molecular flexibility index (Phi) is 3.09. The van der Waals surface area contributed by atoms with Gasteiger partial charge in [0.1, 0.15) is 4.91 Å². The minimum atomic E-state index is -2.47. The van der Waals surface area contributed by atoms with E-state index in [9.17, 15) is 24.3 Å². The van der Waals surface area contributed by atoms with Crippen molar-refractivity contribution in [2.24, 2.45) is 0 Å². The Morgan fingerprint density at radius 2 is 1.76 bits per heavy atom. The van der Waals surface area contributed by atoms with Crippen molar-refractivity contribution in [1.29, 1.82) is 0 Å². The molecule has 4 N–H and O–H groups in total. The summed E-state index contributed by atoms with van der Waals surface area (Å²) in [5, 5.41) is 13.9. The van der Waals surface area contributed by atoms with Gasteiger partial charge in [0.05, 0.1) is 11.0 Å². The summed E-state index contributed by atoms with van der Waals surface area (Å²) in [4.78, 5) is 54.3. The van der Waals surface area contributed by atoms with Crippen LogP contribution < -0.4 is 10.6 Å². The summed E-state index contributed by atoms with van der Waals surface area (Å²) >= 11 is 0.687. The molecule has 2 aromatic rings. The standard InChI is InChI=1S/C14H8N4O6S/c19-7-8(25-13-15-5-3-1-2-4-6(5)16-13)14(24-9(7)20)10(21)17-12(23)18-11(14)22/h1-4,19H,(H,15,16)(H2,17,18,21,22,23). The Bertz CT molecular complexity index is 957. The Hall–Kier alpha value is -3.34. The molecule has 2 aliphatic rings. The Morgan fingerprint density at radius 1 is 1.08 bits per heavy atom. The molecule has 4 rings (SSSR count). The van der Waals surface area contributed by atoms with Gasteiger partial charge >= 0.3 is 17.6 Å². The van der Waals surface area contributed by atoms with Gasteiger partial charge in [-0.1, -0.05) is 12.1 Å². The number of carbonyl (C=O) groups is 4. The van der Waals surface area contributed by atoms with Crippen molar-refractivity contribution < 1.29 is 29.0 Å². The molecule has 0 bridgehead atoms. The SMILES string of the molecule is O=C1NC(=O)C2(OC(=O)C(O)=C2Sc2nc3ccccc3[nH]2)C(=O)N1. The highest BCUT2D eigenvalue weighted by Gasteiger charge is 2.63. The zero-order valence-corrected chi connectivity index (χ0v) is 13.0. The highest BCUT2D eigenvalue weighted by atomic mass is 32.2. The van der Waals surface area contributed by atoms with Crippen molar-refractivity contribution in [1.82, 2.24) is 20.6 Å². The fourth-order valence-corrected chi connectivity index (χ4v) is 3.55. The maximum atomic E-state index is 12.2. The molecule has 3 heterocycles. The van der Waals surface area contributed by atoms with Gasteiger partial charge in [-0.15, -0.1) is 0 Å². The first kappa shape index (κ1) is 15.2. The molecule has 0 unspecified atom stereocenters. The number of aliphatic hydroxyl groups excluding tert-OH is 1. The second-order valence-electron chi connectivity index (χ2n) is 5.15. The Labute approximate surface area is 142 Å². The third-order valence-electron chi connectivity index (χ3n) is 3.63. The summed E-state index contributed by atoms with van der Waals surface area (Å²) in [6.07, 6.45) is 0. The smallest absolute Gasteiger partial charge is 0.376 e. The average molecular weight is 360 g/mol. The maximum Gasteiger partial charge on any atom is 0.376 e. The normalized spacial score (nSPS) is 19.4. The van der Waals surface area contributed by atoms with Crippen molar-refractivity contribution in [2.75, 3.05) is 0 Å². The number of imidazole rings is 1. The minimum absolute atomic E-state index is 0.220. The lowest BCUT2D eigenvalue weighted by atomic mass is 10.00. The summed E-state index contributed by atoms with van der Waals surface area (Å²) in [6.45, 7) is 0. The van der Waals surface area contributed by atoms with Crippen LogP contribution in [0.1, 0.15) is 0 Å². The van der Waals surface area contributed by atoms with Crippen LogP contribution in [0.25, 0.3) is 11.0 Å². The molecule has 0 atom stereocenters. The first-order valence-electron chi connectivity index (χ1n) is 6.88. The van der Waals surface area contributed by atoms with Crippen molar-refractivity contribution in [3.63, 3.8) is 0 Å². The van der Waals surface area contributed by atoms with Crippen molar-refractivity contribution >= 4 is 46.6 Å². The molecular formula is C14H8N4O6S. The zero-order chi connectivity index (χ0) is 17.8. The maximum absolute atomic E-state index is 12.2. The van der Waals surface area contributed by atoms with Crippen LogP contribution in [-0.4, -0.2) is 44.5 Å². The fraction of sp³-hybridized carbons (Fsp3) is 0.0714. The number of fused-ring (bicyclic) bond motifs is 1. The van der Waals surface area contributed by atoms with Gasteiger partial charge in [0.25, 0.3) is 11.8 Å². The fourth-order valence-electron chi connectivity index (χ4n) is 2.50. The summed E-state index contributed by atoms with van der Waals surface area (Å²) in [5.74, 6) is -4.49. The van der Waals surface area contributed by atoms with Gasteiger partial charge in [0.2, 0.25) is 5.76 Å². The van der Waals surface area contributed by atoms with Gasteiger partial charge in [-0.2, -0.15) is 0 Å².